The van der Waals surface area contributed by atoms with Gasteiger partial charge in [-0.25, -0.2) is 19.9 Å². The normalized spacial score (nSPS) is 11.6. The van der Waals surface area contributed by atoms with Crippen LogP contribution in [0, 0.1) is 0 Å². The maximum atomic E-state index is 5.29. The molecule has 0 atom stereocenters. The summed E-state index contributed by atoms with van der Waals surface area (Å²) in [5, 5.41) is 5.71. The van der Waals surface area contributed by atoms with Crippen molar-refractivity contribution < 1.29 is 0 Å². The minimum absolute atomic E-state index is 0.644. The third kappa shape index (κ3) is 4.80. The molecule has 0 aliphatic carbocycles. The topological polar surface area (TPSA) is 51.6 Å². The third-order valence-corrected chi connectivity index (χ3v) is 11.5. The van der Waals surface area contributed by atoms with E-state index >= 15 is 0 Å². The number of hydrogen-bond acceptors (Lipinski definition) is 6. The summed E-state index contributed by atoms with van der Waals surface area (Å²) >= 11 is 3.51. The summed E-state index contributed by atoms with van der Waals surface area (Å²) in [4.78, 5) is 20.8. The van der Waals surface area contributed by atoms with Gasteiger partial charge in [0.1, 0.15) is 5.01 Å². The summed E-state index contributed by atoms with van der Waals surface area (Å²) in [5.74, 6) is 1.94. The average Bonchev–Trinajstić information content (AvgIpc) is 3.80. The molecule has 3 heterocycles. The van der Waals surface area contributed by atoms with Crippen molar-refractivity contribution in [3.63, 3.8) is 0 Å². The third-order valence-electron chi connectivity index (χ3n) is 9.18. The van der Waals surface area contributed by atoms with Gasteiger partial charge in [-0.2, -0.15) is 0 Å². The molecule has 7 aromatic carbocycles. The number of aromatic nitrogens is 4. The summed E-state index contributed by atoms with van der Waals surface area (Å²) in [5.41, 5.74) is 7.31. The van der Waals surface area contributed by atoms with Gasteiger partial charge in [0.2, 0.25) is 0 Å². The summed E-state index contributed by atoms with van der Waals surface area (Å²) in [6, 6.07) is 54.9. The van der Waals surface area contributed by atoms with Crippen molar-refractivity contribution in [3.05, 3.63) is 158 Å². The fourth-order valence-electron chi connectivity index (χ4n) is 6.86. The van der Waals surface area contributed by atoms with Crippen LogP contribution < -0.4 is 0 Å². The lowest BCUT2D eigenvalue weighted by Gasteiger charge is -2.15. The van der Waals surface area contributed by atoms with Crippen LogP contribution in [0.4, 0.5) is 0 Å². The highest BCUT2D eigenvalue weighted by Gasteiger charge is 2.21. The molecule has 234 valence electrons. The number of rotatable bonds is 5. The van der Waals surface area contributed by atoms with Crippen molar-refractivity contribution >= 4 is 63.8 Å². The first-order chi connectivity index (χ1) is 24.8. The second-order valence-corrected chi connectivity index (χ2v) is 14.3. The molecule has 50 heavy (non-hydrogen) atoms. The SMILES string of the molecule is c1ccc(-c2nc(-c3ccc4ccccc4c3-c3ccccc3)nc(-c3cccc4c3sc3ccc5sc(-c6ccccc6)nc5c34)n2)cc1. The molecule has 0 radical (unpaired) electrons. The van der Waals surface area contributed by atoms with Crippen LogP contribution >= 0.6 is 22.7 Å². The lowest BCUT2D eigenvalue weighted by molar-refractivity contribution is 1.08. The molecular formula is C44H26N4S2. The predicted molar refractivity (Wildman–Crippen MR) is 211 cm³/mol. The Morgan fingerprint density at radius 3 is 1.78 bits per heavy atom. The monoisotopic (exact) mass is 674 g/mol. The molecule has 0 amide bonds. The van der Waals surface area contributed by atoms with Gasteiger partial charge in [0, 0.05) is 48.0 Å². The molecule has 10 rings (SSSR count). The van der Waals surface area contributed by atoms with E-state index in [1.165, 1.54) is 20.2 Å². The van der Waals surface area contributed by atoms with Crippen LogP contribution in [0.25, 0.3) is 97.0 Å². The van der Waals surface area contributed by atoms with Crippen LogP contribution in [0.1, 0.15) is 0 Å². The second-order valence-electron chi connectivity index (χ2n) is 12.2. The van der Waals surface area contributed by atoms with Gasteiger partial charge in [0.25, 0.3) is 0 Å². The van der Waals surface area contributed by atoms with E-state index in [4.69, 9.17) is 19.9 Å². The Kier molecular flexibility index (Phi) is 6.82. The van der Waals surface area contributed by atoms with Crippen LogP contribution in [0.2, 0.25) is 0 Å². The Bertz CT molecular complexity index is 2860. The van der Waals surface area contributed by atoms with E-state index in [-0.39, 0.29) is 0 Å². The van der Waals surface area contributed by atoms with Crippen LogP contribution in [0.15, 0.2) is 158 Å². The molecule has 0 saturated heterocycles. The van der Waals surface area contributed by atoms with Crippen molar-refractivity contribution in [2.24, 2.45) is 0 Å². The van der Waals surface area contributed by atoms with Crippen molar-refractivity contribution in [2.45, 2.75) is 0 Å². The first-order valence-electron chi connectivity index (χ1n) is 16.5. The van der Waals surface area contributed by atoms with Crippen LogP contribution in [-0.4, -0.2) is 19.9 Å². The van der Waals surface area contributed by atoms with E-state index in [9.17, 15) is 0 Å². The van der Waals surface area contributed by atoms with E-state index in [0.29, 0.717) is 17.5 Å². The fraction of sp³-hybridized carbons (Fsp3) is 0. The minimum atomic E-state index is 0.644. The van der Waals surface area contributed by atoms with E-state index in [1.807, 2.05) is 24.3 Å². The number of fused-ring (bicyclic) bond motifs is 6. The number of thiophene rings is 1. The summed E-state index contributed by atoms with van der Waals surface area (Å²) in [7, 11) is 0. The smallest absolute Gasteiger partial charge is 0.165 e. The maximum Gasteiger partial charge on any atom is 0.165 e. The summed E-state index contributed by atoms with van der Waals surface area (Å²) < 4.78 is 3.52. The highest BCUT2D eigenvalue weighted by atomic mass is 32.1. The molecule has 10 aromatic rings. The molecule has 0 spiro atoms. The quantitative estimate of drug-likeness (QED) is 0.182. The van der Waals surface area contributed by atoms with E-state index in [1.54, 1.807) is 22.7 Å². The molecule has 0 bridgehead atoms. The number of nitrogens with zero attached hydrogens (tertiary/aromatic N) is 4. The molecule has 0 N–H and O–H groups in total. The van der Waals surface area contributed by atoms with Gasteiger partial charge in [0.05, 0.1) is 10.2 Å². The average molecular weight is 675 g/mol. The lowest BCUT2D eigenvalue weighted by Crippen LogP contribution is -2.01. The van der Waals surface area contributed by atoms with Crippen molar-refractivity contribution in [3.8, 4) is 55.9 Å². The first kappa shape index (κ1) is 28.9. The van der Waals surface area contributed by atoms with Crippen molar-refractivity contribution in [2.75, 3.05) is 0 Å². The van der Waals surface area contributed by atoms with Crippen LogP contribution in [0.3, 0.4) is 0 Å². The fourth-order valence-corrected chi connectivity index (χ4v) is 9.06. The van der Waals surface area contributed by atoms with E-state index < -0.39 is 0 Å². The lowest BCUT2D eigenvalue weighted by atomic mass is 9.93. The zero-order chi connectivity index (χ0) is 33.0. The number of benzene rings is 7. The Hall–Kier alpha value is -6.08. The van der Waals surface area contributed by atoms with Crippen LogP contribution in [0.5, 0.6) is 0 Å². The van der Waals surface area contributed by atoms with E-state index in [0.717, 1.165) is 59.4 Å². The van der Waals surface area contributed by atoms with Crippen LogP contribution in [-0.2, 0) is 0 Å². The highest BCUT2D eigenvalue weighted by Crippen LogP contribution is 2.45. The molecule has 0 fully saturated rings. The minimum Gasteiger partial charge on any atom is -0.235 e. The van der Waals surface area contributed by atoms with Gasteiger partial charge >= 0.3 is 0 Å². The first-order valence-corrected chi connectivity index (χ1v) is 18.1. The number of hydrogen-bond donors (Lipinski definition) is 0. The standard InChI is InChI=1S/C44H26N4S2/c1-4-14-28(15-5-1)37-31-20-11-10-13-27(31)23-24-33(37)42-46-41(29-16-6-2-7-17-29)47-43(48-42)34-22-12-21-32-38-35(49-40(32)34)25-26-36-39(38)45-44(50-36)30-18-8-3-9-19-30/h1-26H. The largest absolute Gasteiger partial charge is 0.235 e. The Labute approximate surface area is 296 Å². The van der Waals surface area contributed by atoms with Gasteiger partial charge in [-0.15, -0.1) is 22.7 Å². The Balaban J connectivity index is 1.23. The van der Waals surface area contributed by atoms with Gasteiger partial charge in [-0.1, -0.05) is 133 Å². The molecular weight excluding hydrogens is 649 g/mol. The van der Waals surface area contributed by atoms with Gasteiger partial charge in [-0.3, -0.25) is 0 Å². The number of thiazole rings is 1. The van der Waals surface area contributed by atoms with Gasteiger partial charge in [-0.05, 0) is 40.6 Å². The molecule has 0 unspecified atom stereocenters. The summed E-state index contributed by atoms with van der Waals surface area (Å²) in [6.45, 7) is 0. The van der Waals surface area contributed by atoms with Gasteiger partial charge in [0.15, 0.2) is 17.5 Å². The van der Waals surface area contributed by atoms with Crippen molar-refractivity contribution in [1.29, 1.82) is 0 Å². The zero-order valence-electron chi connectivity index (χ0n) is 26.6. The molecule has 0 aliphatic heterocycles. The zero-order valence-corrected chi connectivity index (χ0v) is 28.2. The maximum absolute atomic E-state index is 5.29. The Morgan fingerprint density at radius 1 is 0.380 bits per heavy atom. The molecule has 3 aromatic heterocycles. The molecule has 4 nitrogen and oxygen atoms in total. The van der Waals surface area contributed by atoms with E-state index in [2.05, 4.69) is 133 Å². The summed E-state index contributed by atoms with van der Waals surface area (Å²) in [6.07, 6.45) is 0. The van der Waals surface area contributed by atoms with Crippen molar-refractivity contribution in [1.82, 2.24) is 19.9 Å². The second kappa shape index (κ2) is 11.8. The molecule has 0 aliphatic rings. The molecule has 0 saturated carbocycles. The predicted octanol–water partition coefficient (Wildman–Crippen LogP) is 12.3. The highest BCUT2D eigenvalue weighted by molar-refractivity contribution is 7.27. The Morgan fingerprint density at radius 2 is 1.00 bits per heavy atom. The van der Waals surface area contributed by atoms with Gasteiger partial charge < -0.3 is 0 Å². The molecule has 6 heteroatoms.